The van der Waals surface area contributed by atoms with Crippen LogP contribution in [0.5, 0.6) is 0 Å². The van der Waals surface area contributed by atoms with E-state index in [0.29, 0.717) is 13.0 Å². The lowest BCUT2D eigenvalue weighted by molar-refractivity contribution is -0.387. The zero-order chi connectivity index (χ0) is 14.7. The van der Waals surface area contributed by atoms with Gasteiger partial charge in [0.05, 0.1) is 11.0 Å². The first kappa shape index (κ1) is 14.4. The highest BCUT2D eigenvalue weighted by atomic mass is 19.1. The lowest BCUT2D eigenvalue weighted by Gasteiger charge is -2.33. The van der Waals surface area contributed by atoms with Crippen molar-refractivity contribution in [3.63, 3.8) is 0 Å². The van der Waals surface area contributed by atoms with Crippen LogP contribution in [0.25, 0.3) is 0 Å². The Kier molecular flexibility index (Phi) is 4.29. The minimum absolute atomic E-state index is 0.154. The third-order valence-electron chi connectivity index (χ3n) is 3.57. The lowest BCUT2D eigenvalue weighted by Crippen LogP contribution is -2.47. The Bertz CT molecular complexity index is 536. The van der Waals surface area contributed by atoms with Gasteiger partial charge < -0.3 is 5.73 Å². The number of hydrogen-bond acceptors (Lipinski definition) is 4. The summed E-state index contributed by atoms with van der Waals surface area (Å²) in [5, 5.41) is 10.7. The van der Waals surface area contributed by atoms with Gasteiger partial charge in [-0.25, -0.2) is 0 Å². The predicted molar refractivity (Wildman–Crippen MR) is 70.3 cm³/mol. The minimum atomic E-state index is -0.841. The number of nitrogens with zero attached hydrogens (tertiary/aromatic N) is 2. The summed E-state index contributed by atoms with van der Waals surface area (Å²) in [6.07, 6.45) is 2.45. The molecule has 1 aromatic carbocycles. The monoisotopic (exact) mass is 281 g/mol. The van der Waals surface area contributed by atoms with Crippen LogP contribution < -0.4 is 5.73 Å². The van der Waals surface area contributed by atoms with E-state index >= 15 is 0 Å². The smallest absolute Gasteiger partial charge is 0.305 e. The Balaban J connectivity index is 2.22. The van der Waals surface area contributed by atoms with Crippen molar-refractivity contribution in [2.75, 3.05) is 6.54 Å². The maximum Gasteiger partial charge on any atom is 0.305 e. The Labute approximate surface area is 115 Å². The van der Waals surface area contributed by atoms with Crippen LogP contribution in [0.2, 0.25) is 0 Å². The van der Waals surface area contributed by atoms with Gasteiger partial charge >= 0.3 is 5.69 Å². The van der Waals surface area contributed by atoms with Gasteiger partial charge in [-0.05, 0) is 19.4 Å². The van der Waals surface area contributed by atoms with Crippen molar-refractivity contribution >= 4 is 11.6 Å². The van der Waals surface area contributed by atoms with E-state index in [1.54, 1.807) is 4.90 Å². The molecule has 1 amide bonds. The quantitative estimate of drug-likeness (QED) is 0.670. The molecule has 1 unspecified atom stereocenters. The molecule has 1 heterocycles. The Morgan fingerprint density at radius 2 is 2.25 bits per heavy atom. The van der Waals surface area contributed by atoms with Crippen molar-refractivity contribution in [3.05, 3.63) is 39.7 Å². The van der Waals surface area contributed by atoms with E-state index in [2.05, 4.69) is 0 Å². The average molecular weight is 281 g/mol. The number of primary amides is 1. The first-order valence-electron chi connectivity index (χ1n) is 6.46. The lowest BCUT2D eigenvalue weighted by atomic mass is 10.0. The molecule has 1 aromatic rings. The first-order chi connectivity index (χ1) is 9.50. The fourth-order valence-corrected chi connectivity index (χ4v) is 2.55. The summed E-state index contributed by atoms with van der Waals surface area (Å²) in [5.74, 6) is -1.28. The van der Waals surface area contributed by atoms with Crippen molar-refractivity contribution in [1.82, 2.24) is 4.90 Å². The number of nitro groups is 1. The summed E-state index contributed by atoms with van der Waals surface area (Å²) in [6, 6.07) is 3.64. The van der Waals surface area contributed by atoms with Gasteiger partial charge in [-0.15, -0.1) is 0 Å². The number of nitrogens with two attached hydrogens (primary N) is 1. The van der Waals surface area contributed by atoms with Crippen LogP contribution in [0.3, 0.4) is 0 Å². The highest BCUT2D eigenvalue weighted by Gasteiger charge is 2.28. The maximum absolute atomic E-state index is 14.0. The summed E-state index contributed by atoms with van der Waals surface area (Å²) >= 11 is 0. The summed E-state index contributed by atoms with van der Waals surface area (Å²) in [7, 11) is 0. The Hall–Kier alpha value is -2.02. The number of halogens is 1. The molecular weight excluding hydrogens is 265 g/mol. The first-order valence-corrected chi connectivity index (χ1v) is 6.46. The van der Waals surface area contributed by atoms with Crippen LogP contribution in [0, 0.1) is 15.9 Å². The number of hydrogen-bond donors (Lipinski definition) is 1. The zero-order valence-corrected chi connectivity index (χ0v) is 10.9. The largest absolute Gasteiger partial charge is 0.368 e. The molecule has 0 spiro atoms. The molecule has 0 radical (unpaired) electrons. The molecule has 7 heteroatoms. The van der Waals surface area contributed by atoms with E-state index in [-0.39, 0.29) is 12.1 Å². The molecule has 0 aromatic heterocycles. The van der Waals surface area contributed by atoms with Gasteiger partial charge in [0.15, 0.2) is 0 Å². The maximum atomic E-state index is 14.0. The number of nitro benzene ring substituents is 1. The summed E-state index contributed by atoms with van der Waals surface area (Å²) in [6.45, 7) is 0.789. The van der Waals surface area contributed by atoms with Gasteiger partial charge in [-0.2, -0.15) is 4.39 Å². The number of carbonyl (C=O) groups is 1. The molecule has 1 fully saturated rings. The van der Waals surface area contributed by atoms with Crippen LogP contribution >= 0.6 is 0 Å². The standard InChI is InChI=1S/C13H16FN3O3/c14-12-9(4-3-6-10(12)17(19)20)8-16-7-2-1-5-11(16)13(15)18/h3-4,6,11H,1-2,5,7-8H2,(H2,15,18). The molecule has 0 saturated carbocycles. The molecule has 2 rings (SSSR count). The molecule has 0 aliphatic carbocycles. The van der Waals surface area contributed by atoms with Crippen LogP contribution in [0.4, 0.5) is 10.1 Å². The van der Waals surface area contributed by atoms with E-state index < -0.39 is 28.4 Å². The van der Waals surface area contributed by atoms with Crippen LogP contribution in [0.15, 0.2) is 18.2 Å². The SMILES string of the molecule is NC(=O)C1CCCCN1Cc1cccc([N+](=O)[O-])c1F. The van der Waals surface area contributed by atoms with Gasteiger partial charge in [0.25, 0.3) is 0 Å². The summed E-state index contributed by atoms with van der Waals surface area (Å²) in [5.41, 5.74) is 5.01. The molecule has 0 bridgehead atoms. The third-order valence-corrected chi connectivity index (χ3v) is 3.57. The molecule has 1 saturated heterocycles. The second-order valence-electron chi connectivity index (χ2n) is 4.89. The van der Waals surface area contributed by atoms with E-state index in [1.165, 1.54) is 12.1 Å². The fraction of sp³-hybridized carbons (Fsp3) is 0.462. The van der Waals surface area contributed by atoms with E-state index in [0.717, 1.165) is 18.9 Å². The van der Waals surface area contributed by atoms with Gasteiger partial charge in [0.2, 0.25) is 11.7 Å². The van der Waals surface area contributed by atoms with Crippen molar-refractivity contribution in [2.45, 2.75) is 31.8 Å². The van der Waals surface area contributed by atoms with Gasteiger partial charge in [-0.1, -0.05) is 18.6 Å². The molecule has 2 N–H and O–H groups in total. The van der Waals surface area contributed by atoms with Crippen LogP contribution in [0.1, 0.15) is 24.8 Å². The number of benzene rings is 1. The van der Waals surface area contributed by atoms with Crippen LogP contribution in [-0.4, -0.2) is 28.3 Å². The summed E-state index contributed by atoms with van der Waals surface area (Å²) < 4.78 is 14.0. The zero-order valence-electron chi connectivity index (χ0n) is 10.9. The number of rotatable bonds is 4. The topological polar surface area (TPSA) is 89.5 Å². The number of carbonyl (C=O) groups excluding carboxylic acids is 1. The van der Waals surface area contributed by atoms with Crippen molar-refractivity contribution in [2.24, 2.45) is 5.73 Å². The third kappa shape index (κ3) is 2.93. The second-order valence-corrected chi connectivity index (χ2v) is 4.89. The number of likely N-dealkylation sites (tertiary alicyclic amines) is 1. The predicted octanol–water partition coefficient (Wildman–Crippen LogP) is 1.57. The number of piperidine rings is 1. The fourth-order valence-electron chi connectivity index (χ4n) is 2.55. The van der Waals surface area contributed by atoms with Crippen LogP contribution in [-0.2, 0) is 11.3 Å². The molecule has 108 valence electrons. The normalized spacial score (nSPS) is 19.8. The van der Waals surface area contributed by atoms with Gasteiger partial charge in [0, 0.05) is 18.2 Å². The molecule has 1 atom stereocenters. The molecule has 1 aliphatic heterocycles. The molecule has 20 heavy (non-hydrogen) atoms. The Morgan fingerprint density at radius 1 is 1.50 bits per heavy atom. The van der Waals surface area contributed by atoms with E-state index in [1.807, 2.05) is 0 Å². The van der Waals surface area contributed by atoms with Crippen molar-refractivity contribution in [3.8, 4) is 0 Å². The highest BCUT2D eigenvalue weighted by molar-refractivity contribution is 5.79. The molecule has 6 nitrogen and oxygen atoms in total. The van der Waals surface area contributed by atoms with Crippen molar-refractivity contribution in [1.29, 1.82) is 0 Å². The average Bonchev–Trinajstić information content (AvgIpc) is 2.41. The van der Waals surface area contributed by atoms with E-state index in [4.69, 9.17) is 5.73 Å². The second kappa shape index (κ2) is 5.96. The molecular formula is C13H16FN3O3. The number of amides is 1. The van der Waals surface area contributed by atoms with E-state index in [9.17, 15) is 19.3 Å². The van der Waals surface area contributed by atoms with Gasteiger partial charge in [0.1, 0.15) is 0 Å². The molecule has 1 aliphatic rings. The van der Waals surface area contributed by atoms with Crippen molar-refractivity contribution < 1.29 is 14.1 Å². The highest BCUT2D eigenvalue weighted by Crippen LogP contribution is 2.24. The summed E-state index contributed by atoms with van der Waals surface area (Å²) in [4.78, 5) is 23.1. The van der Waals surface area contributed by atoms with Gasteiger partial charge in [-0.3, -0.25) is 19.8 Å². The Morgan fingerprint density at radius 3 is 2.90 bits per heavy atom. The minimum Gasteiger partial charge on any atom is -0.368 e.